The molecule has 0 aromatic carbocycles. The first-order chi connectivity index (χ1) is 11.3. The minimum absolute atomic E-state index is 0.0263. The van der Waals surface area contributed by atoms with Crippen LogP contribution < -0.4 is 4.90 Å². The summed E-state index contributed by atoms with van der Waals surface area (Å²) >= 11 is 0. The van der Waals surface area contributed by atoms with Crippen molar-refractivity contribution in [3.63, 3.8) is 0 Å². The summed E-state index contributed by atoms with van der Waals surface area (Å²) in [5, 5.41) is 0.975. The van der Waals surface area contributed by atoms with Gasteiger partial charge in [-0.25, -0.2) is 9.97 Å². The molecule has 1 saturated carbocycles. The average molecular weight is 340 g/mol. The highest BCUT2D eigenvalue weighted by Gasteiger charge is 2.71. The van der Waals surface area contributed by atoms with Crippen LogP contribution >= 0.6 is 0 Å². The highest BCUT2D eigenvalue weighted by molar-refractivity contribution is 5.91. The van der Waals surface area contributed by atoms with Crippen molar-refractivity contribution in [2.24, 2.45) is 5.41 Å². The second kappa shape index (κ2) is 4.84. The molecule has 3 heterocycles. The smallest absolute Gasteiger partial charge is 0.369 e. The number of hydrogen-bond acceptors (Lipinski definition) is 4. The Kier molecular flexibility index (Phi) is 3.16. The topological polar surface area (TPSA) is 54.0 Å². The van der Waals surface area contributed by atoms with Crippen molar-refractivity contribution in [2.45, 2.75) is 38.0 Å². The van der Waals surface area contributed by atoms with E-state index in [1.807, 2.05) is 11.1 Å². The van der Waals surface area contributed by atoms with Gasteiger partial charge in [0.2, 0.25) is 0 Å². The van der Waals surface area contributed by atoms with Crippen LogP contribution in [0.5, 0.6) is 0 Å². The van der Waals surface area contributed by atoms with E-state index in [4.69, 9.17) is 4.74 Å². The highest BCUT2D eigenvalue weighted by Crippen LogP contribution is 2.61. The van der Waals surface area contributed by atoms with Gasteiger partial charge < -0.3 is 14.6 Å². The molecule has 2 fully saturated rings. The molecule has 0 unspecified atom stereocenters. The lowest BCUT2D eigenvalue weighted by Crippen LogP contribution is -2.72. The largest absolute Gasteiger partial charge is 0.417 e. The molecule has 1 aliphatic carbocycles. The molecule has 0 radical (unpaired) electrons. The lowest BCUT2D eigenvalue weighted by atomic mass is 9.54. The van der Waals surface area contributed by atoms with E-state index in [-0.39, 0.29) is 18.3 Å². The fourth-order valence-electron chi connectivity index (χ4n) is 4.28. The number of halogens is 3. The Morgan fingerprint density at radius 3 is 2.58 bits per heavy atom. The van der Waals surface area contributed by atoms with Crippen LogP contribution in [0.1, 0.15) is 25.3 Å². The van der Waals surface area contributed by atoms with Crippen molar-refractivity contribution in [3.8, 4) is 0 Å². The van der Waals surface area contributed by atoms with Gasteiger partial charge in [0.05, 0.1) is 5.39 Å². The van der Waals surface area contributed by atoms with Gasteiger partial charge in [-0.2, -0.15) is 13.2 Å². The molecule has 1 saturated heterocycles. The maximum atomic E-state index is 13.2. The third-order valence-corrected chi connectivity index (χ3v) is 5.49. The molecule has 2 aromatic heterocycles. The molecule has 0 amide bonds. The third kappa shape index (κ3) is 1.98. The maximum Gasteiger partial charge on any atom is 0.417 e. The standard InChI is InChI=1S/C16H19F3N4O/c1-3-10-4-20-12-11(10)13(22-9-21-12)23-7-14(8-23)5-15(6-14,24-2)16(17,18)19/h4,9H,3,5-8H2,1-2H3,(H,20,21,22). The first-order valence-corrected chi connectivity index (χ1v) is 8.01. The molecular formula is C16H19F3N4O. The third-order valence-electron chi connectivity index (χ3n) is 5.49. The van der Waals surface area contributed by atoms with Crippen LogP contribution in [0.3, 0.4) is 0 Å². The van der Waals surface area contributed by atoms with Gasteiger partial charge in [-0.1, -0.05) is 6.92 Å². The Labute approximate surface area is 137 Å². The van der Waals surface area contributed by atoms with E-state index >= 15 is 0 Å². The molecule has 2 aromatic rings. The van der Waals surface area contributed by atoms with Gasteiger partial charge in [-0.05, 0) is 24.8 Å². The zero-order valence-electron chi connectivity index (χ0n) is 13.6. The van der Waals surface area contributed by atoms with Gasteiger partial charge in [0.25, 0.3) is 0 Å². The normalized spacial score (nSPS) is 21.8. The summed E-state index contributed by atoms with van der Waals surface area (Å²) in [5.74, 6) is 0.811. The number of aromatic amines is 1. The zero-order valence-corrected chi connectivity index (χ0v) is 13.6. The first kappa shape index (κ1) is 15.7. The highest BCUT2D eigenvalue weighted by atomic mass is 19.4. The predicted molar refractivity (Wildman–Crippen MR) is 82.9 cm³/mol. The van der Waals surface area contributed by atoms with Crippen LogP contribution in [0.4, 0.5) is 19.0 Å². The van der Waals surface area contributed by atoms with Crippen LogP contribution in [0.2, 0.25) is 0 Å². The number of hydrogen-bond donors (Lipinski definition) is 1. The Balaban J connectivity index is 1.55. The molecule has 5 nitrogen and oxygen atoms in total. The quantitative estimate of drug-likeness (QED) is 0.933. The van der Waals surface area contributed by atoms with E-state index in [0.717, 1.165) is 35.9 Å². The van der Waals surface area contributed by atoms with Gasteiger partial charge >= 0.3 is 6.18 Å². The molecule has 2 aliphatic rings. The van der Waals surface area contributed by atoms with Crippen molar-refractivity contribution in [1.82, 2.24) is 15.0 Å². The first-order valence-electron chi connectivity index (χ1n) is 8.01. The number of aryl methyl sites for hydroxylation is 1. The Hall–Kier alpha value is -1.83. The molecule has 24 heavy (non-hydrogen) atoms. The van der Waals surface area contributed by atoms with Gasteiger partial charge in [-0.15, -0.1) is 0 Å². The number of alkyl halides is 3. The number of nitrogens with zero attached hydrogens (tertiary/aromatic N) is 3. The summed E-state index contributed by atoms with van der Waals surface area (Å²) in [6.45, 7) is 3.21. The predicted octanol–water partition coefficient (Wildman–Crippen LogP) is 3.07. The second-order valence-electron chi connectivity index (χ2n) is 6.99. The molecule has 0 bridgehead atoms. The lowest BCUT2D eigenvalue weighted by molar-refractivity contribution is -0.328. The Morgan fingerprint density at radius 2 is 2.00 bits per heavy atom. The number of fused-ring (bicyclic) bond motifs is 1. The zero-order chi connectivity index (χ0) is 17.2. The van der Waals surface area contributed by atoms with E-state index in [1.165, 1.54) is 6.33 Å². The molecule has 1 N–H and O–H groups in total. The lowest BCUT2D eigenvalue weighted by Gasteiger charge is -2.63. The van der Waals surface area contributed by atoms with Crippen molar-refractivity contribution in [3.05, 3.63) is 18.1 Å². The number of ether oxygens (including phenoxy) is 1. The monoisotopic (exact) mass is 340 g/mol. The van der Waals surface area contributed by atoms with Gasteiger partial charge in [0, 0.05) is 31.8 Å². The molecule has 0 atom stereocenters. The second-order valence-corrected chi connectivity index (χ2v) is 6.99. The molecule has 4 rings (SSSR count). The molecule has 1 aliphatic heterocycles. The number of aromatic nitrogens is 3. The van der Waals surface area contributed by atoms with Crippen LogP contribution in [0.15, 0.2) is 12.5 Å². The van der Waals surface area contributed by atoms with E-state index in [2.05, 4.69) is 21.9 Å². The van der Waals surface area contributed by atoms with Crippen LogP contribution in [-0.2, 0) is 11.2 Å². The van der Waals surface area contributed by atoms with Gasteiger partial charge in [0.15, 0.2) is 5.60 Å². The maximum absolute atomic E-state index is 13.2. The minimum atomic E-state index is -4.31. The van der Waals surface area contributed by atoms with Crippen molar-refractivity contribution in [2.75, 3.05) is 25.1 Å². The summed E-state index contributed by atoms with van der Waals surface area (Å²) in [4.78, 5) is 13.8. The average Bonchev–Trinajstić information content (AvgIpc) is 2.87. The summed E-state index contributed by atoms with van der Waals surface area (Å²) in [7, 11) is 1.15. The molecule has 1 spiro atoms. The Bertz CT molecular complexity index is 771. The summed E-state index contributed by atoms with van der Waals surface area (Å²) in [6, 6.07) is 0. The molecule has 8 heteroatoms. The van der Waals surface area contributed by atoms with E-state index in [0.29, 0.717) is 13.1 Å². The fourth-order valence-corrected chi connectivity index (χ4v) is 4.28. The van der Waals surface area contributed by atoms with E-state index in [1.54, 1.807) is 0 Å². The SMILES string of the molecule is CCc1c[nH]c2ncnc(N3CC4(C3)CC(OC)(C(F)(F)F)C4)c12. The van der Waals surface area contributed by atoms with E-state index in [9.17, 15) is 13.2 Å². The van der Waals surface area contributed by atoms with Crippen LogP contribution in [-0.4, -0.2) is 46.9 Å². The van der Waals surface area contributed by atoms with E-state index < -0.39 is 11.8 Å². The van der Waals surface area contributed by atoms with Crippen LogP contribution in [0, 0.1) is 5.41 Å². The van der Waals surface area contributed by atoms with Crippen molar-refractivity contribution >= 4 is 16.9 Å². The molecule has 130 valence electrons. The Morgan fingerprint density at radius 1 is 1.29 bits per heavy atom. The summed E-state index contributed by atoms with van der Waals surface area (Å²) < 4.78 is 44.4. The van der Waals surface area contributed by atoms with Crippen LogP contribution in [0.25, 0.3) is 11.0 Å². The number of anilines is 1. The number of H-pyrrole nitrogens is 1. The molecular weight excluding hydrogens is 321 g/mol. The van der Waals surface area contributed by atoms with Crippen molar-refractivity contribution in [1.29, 1.82) is 0 Å². The van der Waals surface area contributed by atoms with Gasteiger partial charge in [-0.3, -0.25) is 0 Å². The van der Waals surface area contributed by atoms with Gasteiger partial charge in [0.1, 0.15) is 17.8 Å². The van der Waals surface area contributed by atoms with Crippen molar-refractivity contribution < 1.29 is 17.9 Å². The fraction of sp³-hybridized carbons (Fsp3) is 0.625. The summed E-state index contributed by atoms with van der Waals surface area (Å²) in [5.41, 5.74) is -0.390. The summed E-state index contributed by atoms with van der Waals surface area (Å²) in [6.07, 6.45) is -0.00127. The number of nitrogens with one attached hydrogen (secondary N) is 1. The minimum Gasteiger partial charge on any atom is -0.369 e. The number of methoxy groups -OCH3 is 1. The number of rotatable bonds is 3.